The summed E-state index contributed by atoms with van der Waals surface area (Å²) in [7, 11) is 0. The van der Waals surface area contributed by atoms with Gasteiger partial charge in [-0.15, -0.1) is 0 Å². The van der Waals surface area contributed by atoms with Crippen LogP contribution in [0.4, 0.5) is 0 Å². The Morgan fingerprint density at radius 3 is 1.95 bits per heavy atom. The van der Waals surface area contributed by atoms with Gasteiger partial charge in [-0.2, -0.15) is 0 Å². The van der Waals surface area contributed by atoms with Crippen LogP contribution < -0.4 is 0 Å². The van der Waals surface area contributed by atoms with E-state index in [2.05, 4.69) is 6.58 Å². The molecule has 0 bridgehead atoms. The highest BCUT2D eigenvalue weighted by Crippen LogP contribution is 2.00. The maximum atomic E-state index is 10.6. The Hall–Kier alpha value is -2.89. The maximum absolute atomic E-state index is 10.6. The van der Waals surface area contributed by atoms with E-state index in [0.29, 0.717) is 18.8 Å². The zero-order valence-corrected chi connectivity index (χ0v) is 10.6. The Morgan fingerprint density at radius 2 is 1.55 bits per heavy atom. The molecule has 106 valence electrons. The van der Waals surface area contributed by atoms with Gasteiger partial charge < -0.3 is 14.9 Å². The Balaban J connectivity index is 0.000000396. The maximum Gasteiger partial charge on any atom is 0.330 e. The lowest BCUT2D eigenvalue weighted by Gasteiger charge is -2.00. The van der Waals surface area contributed by atoms with Crippen molar-refractivity contribution in [3.63, 3.8) is 0 Å². The van der Waals surface area contributed by atoms with Crippen LogP contribution in [0.25, 0.3) is 0 Å². The summed E-state index contributed by atoms with van der Waals surface area (Å²) in [5.74, 6) is -2.90. The average Bonchev–Trinajstić information content (AvgIpc) is 2.44. The number of aliphatic carboxylic acids is 2. The average molecular weight is 278 g/mol. The van der Waals surface area contributed by atoms with Crippen LogP contribution in [0.2, 0.25) is 0 Å². The fraction of sp³-hybridized carbons (Fsp3) is 0.0714. The number of carbonyl (C=O) groups excluding carboxylic acids is 1. The minimum atomic E-state index is -1.26. The first-order valence-corrected chi connectivity index (χ1v) is 5.42. The molecule has 0 saturated heterocycles. The van der Waals surface area contributed by atoms with Crippen molar-refractivity contribution in [2.24, 2.45) is 0 Å². The third-order valence-electron chi connectivity index (χ3n) is 1.76. The van der Waals surface area contributed by atoms with Crippen molar-refractivity contribution >= 4 is 17.9 Å². The summed E-state index contributed by atoms with van der Waals surface area (Å²) in [6.45, 7) is 3.61. The van der Waals surface area contributed by atoms with Gasteiger partial charge in [-0.3, -0.25) is 0 Å². The number of carbonyl (C=O) groups is 3. The molecule has 0 atom stereocenters. The molecule has 0 radical (unpaired) electrons. The molecule has 2 N–H and O–H groups in total. The molecule has 1 aromatic carbocycles. The first kappa shape index (κ1) is 17.1. The van der Waals surface area contributed by atoms with E-state index in [1.165, 1.54) is 0 Å². The van der Waals surface area contributed by atoms with E-state index < -0.39 is 11.9 Å². The molecule has 6 nitrogen and oxygen atoms in total. The van der Waals surface area contributed by atoms with Crippen LogP contribution >= 0.6 is 0 Å². The van der Waals surface area contributed by atoms with Crippen LogP contribution in [0.3, 0.4) is 0 Å². The molecule has 0 amide bonds. The second-order valence-electron chi connectivity index (χ2n) is 3.31. The fourth-order valence-electron chi connectivity index (χ4n) is 0.930. The quantitative estimate of drug-likeness (QED) is 0.627. The summed E-state index contributed by atoms with van der Waals surface area (Å²) in [6.07, 6.45) is 2.27. The predicted molar refractivity (Wildman–Crippen MR) is 70.8 cm³/mol. The second-order valence-corrected chi connectivity index (χ2v) is 3.31. The van der Waals surface area contributed by atoms with Gasteiger partial charge in [-0.1, -0.05) is 36.9 Å². The Labute approximate surface area is 115 Å². The van der Waals surface area contributed by atoms with Gasteiger partial charge >= 0.3 is 17.9 Å². The number of rotatable bonds is 5. The monoisotopic (exact) mass is 278 g/mol. The van der Waals surface area contributed by atoms with Crippen molar-refractivity contribution in [2.45, 2.75) is 6.61 Å². The highest BCUT2D eigenvalue weighted by Gasteiger charge is 1.95. The number of carboxylic acid groups (broad SMARTS) is 2. The van der Waals surface area contributed by atoms with E-state index in [1.807, 2.05) is 30.3 Å². The highest BCUT2D eigenvalue weighted by molar-refractivity contribution is 5.89. The number of hydrogen-bond donors (Lipinski definition) is 2. The molecule has 20 heavy (non-hydrogen) atoms. The standard InChI is InChI=1S/C10H10O2.C4H4O4/c1-2-10(11)12-8-9-6-4-3-5-7-9;5-3(6)1-2-4(7)8/h2-7H,1,8H2;1-2H,(H,5,6)(H,7,8). The molecule has 1 aromatic rings. The molecular formula is C14H14O6. The molecule has 0 fully saturated rings. The van der Waals surface area contributed by atoms with Gasteiger partial charge in [0.25, 0.3) is 0 Å². The summed E-state index contributed by atoms with van der Waals surface area (Å²) in [5, 5.41) is 15.6. The molecule has 0 aromatic heterocycles. The number of esters is 1. The van der Waals surface area contributed by atoms with E-state index in [9.17, 15) is 14.4 Å². The predicted octanol–water partition coefficient (Wildman–Crippen LogP) is 1.63. The van der Waals surface area contributed by atoms with Crippen LogP contribution in [0.1, 0.15) is 5.56 Å². The smallest absolute Gasteiger partial charge is 0.330 e. The summed E-state index contributed by atoms with van der Waals surface area (Å²) < 4.78 is 4.82. The molecule has 0 aliphatic carbocycles. The molecule has 1 rings (SSSR count). The third-order valence-corrected chi connectivity index (χ3v) is 1.76. The van der Waals surface area contributed by atoms with E-state index in [4.69, 9.17) is 14.9 Å². The van der Waals surface area contributed by atoms with Gasteiger partial charge in [0, 0.05) is 18.2 Å². The number of benzene rings is 1. The van der Waals surface area contributed by atoms with Crippen LogP contribution in [-0.2, 0) is 25.7 Å². The van der Waals surface area contributed by atoms with Gasteiger partial charge in [-0.05, 0) is 5.56 Å². The lowest BCUT2D eigenvalue weighted by atomic mass is 10.2. The van der Waals surface area contributed by atoms with Crippen molar-refractivity contribution in [1.29, 1.82) is 0 Å². The molecule has 0 unspecified atom stereocenters. The Morgan fingerprint density at radius 1 is 1.05 bits per heavy atom. The van der Waals surface area contributed by atoms with Gasteiger partial charge in [0.1, 0.15) is 6.61 Å². The van der Waals surface area contributed by atoms with Crippen LogP contribution in [0, 0.1) is 0 Å². The lowest BCUT2D eigenvalue weighted by Crippen LogP contribution is -1.99. The SMILES string of the molecule is C=CC(=O)OCc1ccccc1.O=C(O)C=CC(=O)O. The first-order chi connectivity index (χ1) is 9.45. The van der Waals surface area contributed by atoms with Gasteiger partial charge in [0.05, 0.1) is 0 Å². The Bertz CT molecular complexity index is 474. The summed E-state index contributed by atoms with van der Waals surface area (Å²) in [6, 6.07) is 9.51. The second kappa shape index (κ2) is 10.1. The van der Waals surface area contributed by atoms with Crippen molar-refractivity contribution in [3.05, 3.63) is 60.7 Å². The van der Waals surface area contributed by atoms with E-state index in [-0.39, 0.29) is 5.97 Å². The fourth-order valence-corrected chi connectivity index (χ4v) is 0.930. The molecule has 0 spiro atoms. The van der Waals surface area contributed by atoms with Crippen LogP contribution in [0.5, 0.6) is 0 Å². The van der Waals surface area contributed by atoms with Crippen LogP contribution in [-0.4, -0.2) is 28.1 Å². The van der Waals surface area contributed by atoms with E-state index in [1.54, 1.807) is 0 Å². The van der Waals surface area contributed by atoms with Crippen molar-refractivity contribution in [3.8, 4) is 0 Å². The van der Waals surface area contributed by atoms with E-state index in [0.717, 1.165) is 11.6 Å². The summed E-state index contributed by atoms with van der Waals surface area (Å²) >= 11 is 0. The van der Waals surface area contributed by atoms with E-state index >= 15 is 0 Å². The largest absolute Gasteiger partial charge is 0.478 e. The normalized spacial score (nSPS) is 9.20. The molecule has 6 heteroatoms. The van der Waals surface area contributed by atoms with Gasteiger partial charge in [-0.25, -0.2) is 14.4 Å². The minimum Gasteiger partial charge on any atom is -0.478 e. The van der Waals surface area contributed by atoms with Crippen molar-refractivity contribution in [2.75, 3.05) is 0 Å². The minimum absolute atomic E-state index is 0.311. The summed E-state index contributed by atoms with van der Waals surface area (Å²) in [4.78, 5) is 29.8. The van der Waals surface area contributed by atoms with Crippen molar-refractivity contribution in [1.82, 2.24) is 0 Å². The summed E-state index contributed by atoms with van der Waals surface area (Å²) in [5.41, 5.74) is 0.979. The number of ether oxygens (including phenoxy) is 1. The zero-order valence-electron chi connectivity index (χ0n) is 10.6. The molecule has 0 aliphatic rings. The zero-order chi connectivity index (χ0) is 15.4. The van der Waals surface area contributed by atoms with Crippen molar-refractivity contribution < 1.29 is 29.3 Å². The highest BCUT2D eigenvalue weighted by atomic mass is 16.5. The third kappa shape index (κ3) is 10.3. The van der Waals surface area contributed by atoms with Crippen LogP contribution in [0.15, 0.2) is 55.1 Å². The lowest BCUT2D eigenvalue weighted by molar-refractivity contribution is -0.139. The topological polar surface area (TPSA) is 101 Å². The van der Waals surface area contributed by atoms with Gasteiger partial charge in [0.15, 0.2) is 0 Å². The molecule has 0 aliphatic heterocycles. The Kier molecular flexibility index (Phi) is 8.62. The number of carboxylic acids is 2. The van der Waals surface area contributed by atoms with Gasteiger partial charge in [0.2, 0.25) is 0 Å². The number of hydrogen-bond acceptors (Lipinski definition) is 4. The first-order valence-electron chi connectivity index (χ1n) is 5.42. The molecule has 0 saturated carbocycles. The molecule has 0 heterocycles. The molecular weight excluding hydrogens is 264 g/mol.